The van der Waals surface area contributed by atoms with Crippen LogP contribution in [0.25, 0.3) is 10.9 Å². The van der Waals surface area contributed by atoms with Crippen LogP contribution in [0.15, 0.2) is 54.7 Å². The number of thioether (sulfide) groups is 1. The molecule has 0 fully saturated rings. The number of likely N-dealkylation sites (N-methyl/N-ethyl adjacent to an activating group) is 1. The summed E-state index contributed by atoms with van der Waals surface area (Å²) in [6.07, 6.45) is -2.57. The Morgan fingerprint density at radius 3 is 2.05 bits per heavy atom. The molecule has 0 aliphatic carbocycles. The van der Waals surface area contributed by atoms with Gasteiger partial charge >= 0.3 is 11.9 Å². The van der Waals surface area contributed by atoms with Crippen molar-refractivity contribution in [3.63, 3.8) is 0 Å². The number of carbonyl (C=O) groups excluding carboxylic acids is 9. The summed E-state index contributed by atoms with van der Waals surface area (Å²) >= 11 is 1.07. The molecule has 1 aromatic heterocycles. The Bertz CT molecular complexity index is 2840. The first-order valence-electron chi connectivity index (χ1n) is 26.3. The number of hydrogen-bond acceptors (Lipinski definition) is 15. The predicted molar refractivity (Wildman–Crippen MR) is 299 cm³/mol. The molecule has 0 bridgehead atoms. The Morgan fingerprint density at radius 2 is 1.43 bits per heavy atom. The average molecular weight is 1170 g/mol. The Kier molecular flexibility index (Phi) is 24.6. The largest absolute Gasteiger partial charge is 0.481 e. The number of hydrogen-bond donors (Lipinski definition) is 16. The number of fused-ring (bicyclic) bond motifs is 2. The molecule has 1 aliphatic heterocycles. The highest BCUT2D eigenvalue weighted by molar-refractivity contribution is 7.99. The van der Waals surface area contributed by atoms with Crippen molar-refractivity contribution in [1.82, 2.24) is 52.4 Å². The second-order valence-corrected chi connectivity index (χ2v) is 22.4. The van der Waals surface area contributed by atoms with Gasteiger partial charge in [-0.2, -0.15) is 0 Å². The van der Waals surface area contributed by atoms with E-state index in [-0.39, 0.29) is 55.4 Å². The fraction of sp³-hybridized carbons (Fsp3) is 0.509. The molecule has 0 spiro atoms. The Balaban J connectivity index is 1.91. The van der Waals surface area contributed by atoms with Gasteiger partial charge in [-0.15, -0.1) is 11.8 Å². The molecule has 3 aromatic rings. The Hall–Kier alpha value is -8.31. The van der Waals surface area contributed by atoms with Crippen molar-refractivity contribution in [2.45, 2.75) is 145 Å². The molecule has 18 N–H and O–H groups in total. The summed E-state index contributed by atoms with van der Waals surface area (Å²) in [4.78, 5) is 155. The molecule has 2 aromatic carbocycles. The number of nitrogens with one attached hydrogen (secondary N) is 10. The number of H-pyrrole nitrogens is 1. The highest BCUT2D eigenvalue weighted by atomic mass is 32.2. The summed E-state index contributed by atoms with van der Waals surface area (Å²) in [7, 11) is 1.31. The van der Waals surface area contributed by atoms with Gasteiger partial charge in [-0.25, -0.2) is 0 Å². The van der Waals surface area contributed by atoms with Gasteiger partial charge in [-0.05, 0) is 75.6 Å². The van der Waals surface area contributed by atoms with Crippen LogP contribution in [-0.4, -0.2) is 181 Å². The highest BCUT2D eigenvalue weighted by Gasteiger charge is 2.42. The number of aromatic nitrogens is 1. The number of guanidine groups is 1. The van der Waals surface area contributed by atoms with E-state index in [1.807, 2.05) is 0 Å². The van der Waals surface area contributed by atoms with Crippen molar-refractivity contribution >= 4 is 93.7 Å². The van der Waals surface area contributed by atoms with E-state index in [0.717, 1.165) is 23.6 Å². The van der Waals surface area contributed by atoms with Crippen LogP contribution in [0.3, 0.4) is 0 Å². The lowest BCUT2D eigenvalue weighted by Crippen LogP contribution is -2.64. The quantitative estimate of drug-likeness (QED) is 0.0324. The monoisotopic (exact) mass is 1170 g/mol. The maximum absolute atomic E-state index is 15.2. The van der Waals surface area contributed by atoms with Gasteiger partial charge in [-0.3, -0.25) is 58.1 Å². The number of aliphatic hydroxyl groups excluding tert-OH is 2. The third-order valence-electron chi connectivity index (χ3n) is 13.4. The molecule has 0 unspecified atom stereocenters. The summed E-state index contributed by atoms with van der Waals surface area (Å²) in [6, 6.07) is -0.136. The van der Waals surface area contributed by atoms with Gasteiger partial charge in [0.25, 0.3) is 5.91 Å². The van der Waals surface area contributed by atoms with E-state index in [9.17, 15) is 68.4 Å². The third kappa shape index (κ3) is 19.2. The number of nitrogens with zero attached hydrogens (tertiary/aromatic N) is 1. The molecule has 0 saturated heterocycles. The molecule has 9 amide bonds. The maximum Gasteiger partial charge on any atom is 0.305 e. The zero-order valence-corrected chi connectivity index (χ0v) is 47.1. The number of carboxylic acids is 2. The lowest BCUT2D eigenvalue weighted by molar-refractivity contribution is -0.142. The number of nitrogens with two attached hydrogens (primary N) is 2. The normalized spacial score (nSPS) is 21.7. The fourth-order valence-electron chi connectivity index (χ4n) is 8.90. The number of rotatable bonds is 20. The molecule has 1 aliphatic rings. The van der Waals surface area contributed by atoms with Gasteiger partial charge < -0.3 is 84.3 Å². The van der Waals surface area contributed by atoms with Crippen LogP contribution in [0.4, 0.5) is 0 Å². The molecule has 0 saturated carbocycles. The Labute approximate surface area is 476 Å². The van der Waals surface area contributed by atoms with Gasteiger partial charge in [-0.1, -0.05) is 50.2 Å². The summed E-state index contributed by atoms with van der Waals surface area (Å²) in [5, 5.41) is 68.4. The minimum Gasteiger partial charge on any atom is -0.481 e. The molecule has 0 radical (unpaired) electrons. The lowest BCUT2D eigenvalue weighted by Gasteiger charge is -2.36. The molecule has 448 valence electrons. The fourth-order valence-corrected chi connectivity index (χ4v) is 10.0. The van der Waals surface area contributed by atoms with E-state index in [1.165, 1.54) is 13.1 Å². The van der Waals surface area contributed by atoms with E-state index in [4.69, 9.17) is 16.9 Å². The van der Waals surface area contributed by atoms with Crippen molar-refractivity contribution in [2.75, 3.05) is 20.2 Å². The predicted octanol–water partition coefficient (Wildman–Crippen LogP) is -2.22. The van der Waals surface area contributed by atoms with E-state index in [2.05, 4.69) is 47.5 Å². The summed E-state index contributed by atoms with van der Waals surface area (Å²) in [5.41, 5.74) is 12.7. The van der Waals surface area contributed by atoms with Gasteiger partial charge in [0.15, 0.2) is 5.96 Å². The first-order valence-corrected chi connectivity index (χ1v) is 27.3. The number of carbonyl (C=O) groups is 11. The highest BCUT2D eigenvalue weighted by Crippen LogP contribution is 2.34. The van der Waals surface area contributed by atoms with E-state index in [1.54, 1.807) is 76.4 Å². The van der Waals surface area contributed by atoms with Crippen LogP contribution in [0.1, 0.15) is 94.6 Å². The van der Waals surface area contributed by atoms with Crippen LogP contribution in [-0.2, 0) is 60.1 Å². The van der Waals surface area contributed by atoms with Crippen LogP contribution >= 0.6 is 11.8 Å². The molecular weight excluding hydrogens is 1090 g/mol. The van der Waals surface area contributed by atoms with Gasteiger partial charge in [0.1, 0.15) is 48.3 Å². The average Bonchev–Trinajstić information content (AvgIpc) is 3.98. The molecule has 29 heteroatoms. The summed E-state index contributed by atoms with van der Waals surface area (Å²) in [6.45, 7) is 6.63. The molecule has 9 atom stereocenters. The van der Waals surface area contributed by atoms with E-state index in [0.29, 0.717) is 22.0 Å². The number of para-hydroxylation sites is 1. The van der Waals surface area contributed by atoms with Crippen LogP contribution in [0, 0.1) is 11.3 Å². The van der Waals surface area contributed by atoms with Gasteiger partial charge in [0.2, 0.25) is 47.3 Å². The van der Waals surface area contributed by atoms with Crippen molar-refractivity contribution in [1.29, 1.82) is 5.41 Å². The molecular formula is C53H75N13O15S. The van der Waals surface area contributed by atoms with Crippen LogP contribution < -0.4 is 54.0 Å². The second kappa shape index (κ2) is 30.5. The number of aliphatic carboxylic acids is 2. The topological polar surface area (TPSA) is 460 Å². The smallest absolute Gasteiger partial charge is 0.305 e. The molecule has 28 nitrogen and oxygen atoms in total. The van der Waals surface area contributed by atoms with E-state index < -0.39 is 150 Å². The number of benzene rings is 2. The number of amides is 9. The second-order valence-electron chi connectivity index (χ2n) is 20.7. The number of aliphatic hydroxyl groups is 2. The maximum atomic E-state index is 15.2. The standard InChI is InChI=1S/C53H75N13O15S/c1-26(2)20-34-46(76)65-42(50(80)62-35(21-29-23-58-32-15-10-9-13-30(29)32)44(74)59-33(43(54)73)17-18-39(69)70)53(4,5)82-25-28-12-7-8-14-31(28)51(81)66(6)38(16-11-19-57-52(55)56)48(78)63-37(24-67)47(77)60-36(22-40(71)72)45(75)64-41(27(3)68)49(79)61-34/h7-10,12-15,23,26-27,33-38,41-42,58,67-68H,11,16-22,24-25H2,1-6H3,(H2,54,73)(H,59,74)(H,60,77)(H,61,79)(H,62,80)(H,63,78)(H,64,75)(H,65,76)(H,69,70)(H,71,72)(H4,55,56,57)/t27-,33-,34+,35+,36+,37+,38+,41+,42-/m1/s1. The summed E-state index contributed by atoms with van der Waals surface area (Å²) in [5.74, 6) is -13.1. The van der Waals surface area contributed by atoms with Crippen molar-refractivity contribution in [2.24, 2.45) is 17.4 Å². The molecule has 82 heavy (non-hydrogen) atoms. The first-order chi connectivity index (χ1) is 38.5. The third-order valence-corrected chi connectivity index (χ3v) is 14.9. The van der Waals surface area contributed by atoms with E-state index >= 15 is 4.79 Å². The van der Waals surface area contributed by atoms with Crippen molar-refractivity contribution in [3.05, 3.63) is 71.4 Å². The lowest BCUT2D eigenvalue weighted by atomic mass is 9.97. The number of aromatic amines is 1. The zero-order chi connectivity index (χ0) is 61.2. The van der Waals surface area contributed by atoms with Crippen LogP contribution in [0.5, 0.6) is 0 Å². The summed E-state index contributed by atoms with van der Waals surface area (Å²) < 4.78 is -1.46. The number of carboxylic acid groups (broad SMARTS) is 2. The zero-order valence-electron chi connectivity index (χ0n) is 46.3. The molecule has 4 rings (SSSR count). The molecule has 2 heterocycles. The minimum absolute atomic E-state index is 0.0590. The van der Waals surface area contributed by atoms with Gasteiger partial charge in [0.05, 0.1) is 19.1 Å². The van der Waals surface area contributed by atoms with Crippen molar-refractivity contribution in [3.8, 4) is 0 Å². The SMILES string of the molecule is CC(C)C[C@@H]1NC(=O)[C@H]([C@@H](C)O)NC(=O)[C@H](CC(=O)O)NC(=O)[C@H](CO)NC(=O)[C@H](CCCNC(=N)N)N(C)C(=O)c2ccccc2CSC(C)(C)[C@@H](C(=O)N[C@@H](Cc2c[nH]c3ccccc23)C(=O)N[C@H](CCC(=O)O)C(N)=O)NC1=O. The minimum atomic E-state index is -2.01. The number of primary amides is 1. The van der Waals surface area contributed by atoms with Gasteiger partial charge in [0, 0.05) is 59.6 Å². The van der Waals surface area contributed by atoms with Crippen molar-refractivity contribution < 1.29 is 73.2 Å². The Morgan fingerprint density at radius 1 is 0.805 bits per heavy atom. The first kappa shape index (κ1) is 66.2. The van der Waals surface area contributed by atoms with Crippen LogP contribution in [0.2, 0.25) is 0 Å².